The Balaban J connectivity index is 1.64. The molecule has 0 spiro atoms. The van der Waals surface area contributed by atoms with Crippen LogP contribution in [0.4, 0.5) is 0 Å². The summed E-state index contributed by atoms with van der Waals surface area (Å²) < 4.78 is 0. The summed E-state index contributed by atoms with van der Waals surface area (Å²) in [5, 5.41) is 5.47. The molecule has 2 rings (SSSR count). The summed E-state index contributed by atoms with van der Waals surface area (Å²) in [6, 6.07) is 7.27. The standard InChI is InChI=1S/C22H31N3O4/c1-15-5-7-16(8-6-15)18(26)9-10-19(27)23-11-12-24-21(29)17-13-20(28)25(14-17)22(2,3)4/h5-8,17H,9-14H2,1-4H3,(H,23,27)(H,24,29). The van der Waals surface area contributed by atoms with Crippen molar-refractivity contribution in [1.29, 1.82) is 0 Å². The minimum atomic E-state index is -0.357. The molecule has 2 N–H and O–H groups in total. The van der Waals surface area contributed by atoms with Gasteiger partial charge in [0.2, 0.25) is 17.7 Å². The molecule has 0 radical (unpaired) electrons. The zero-order valence-electron chi connectivity index (χ0n) is 17.7. The number of ketones is 1. The molecule has 1 aliphatic rings. The quantitative estimate of drug-likeness (QED) is 0.513. The molecule has 7 heteroatoms. The van der Waals surface area contributed by atoms with Crippen molar-refractivity contribution in [1.82, 2.24) is 15.5 Å². The third kappa shape index (κ3) is 6.69. The van der Waals surface area contributed by atoms with Crippen LogP contribution in [0.3, 0.4) is 0 Å². The summed E-state index contributed by atoms with van der Waals surface area (Å²) in [5.74, 6) is -0.833. The second-order valence-electron chi connectivity index (χ2n) is 8.51. The van der Waals surface area contributed by atoms with Crippen LogP contribution >= 0.6 is 0 Å². The average molecular weight is 402 g/mol. The maximum absolute atomic E-state index is 12.3. The van der Waals surface area contributed by atoms with Crippen molar-refractivity contribution in [3.8, 4) is 0 Å². The Morgan fingerprint density at radius 3 is 2.24 bits per heavy atom. The molecule has 1 atom stereocenters. The van der Waals surface area contributed by atoms with Crippen LogP contribution in [0.1, 0.15) is 56.0 Å². The number of nitrogens with zero attached hydrogens (tertiary/aromatic N) is 1. The predicted octanol–water partition coefficient (Wildman–Crippen LogP) is 1.84. The lowest BCUT2D eigenvalue weighted by Crippen LogP contribution is -2.43. The maximum Gasteiger partial charge on any atom is 0.225 e. The average Bonchev–Trinajstić information content (AvgIpc) is 3.06. The van der Waals surface area contributed by atoms with E-state index in [0.29, 0.717) is 12.1 Å². The van der Waals surface area contributed by atoms with Crippen molar-refractivity contribution < 1.29 is 19.2 Å². The van der Waals surface area contributed by atoms with Crippen molar-refractivity contribution in [2.45, 2.75) is 52.5 Å². The lowest BCUT2D eigenvalue weighted by molar-refractivity contribution is -0.132. The first-order valence-electron chi connectivity index (χ1n) is 10.0. The van der Waals surface area contributed by atoms with Gasteiger partial charge in [0, 0.05) is 50.0 Å². The Morgan fingerprint density at radius 1 is 1.03 bits per heavy atom. The molecule has 1 fully saturated rings. The normalized spacial score (nSPS) is 16.6. The second kappa shape index (κ2) is 9.67. The Kier molecular flexibility index (Phi) is 7.53. The third-order valence-corrected chi connectivity index (χ3v) is 5.00. The molecule has 0 aromatic heterocycles. The monoisotopic (exact) mass is 401 g/mol. The number of amides is 3. The van der Waals surface area contributed by atoms with E-state index >= 15 is 0 Å². The second-order valence-corrected chi connectivity index (χ2v) is 8.51. The van der Waals surface area contributed by atoms with Gasteiger partial charge in [-0.1, -0.05) is 29.8 Å². The molecule has 1 aromatic rings. The highest BCUT2D eigenvalue weighted by Gasteiger charge is 2.39. The number of carbonyl (C=O) groups is 4. The number of hydrogen-bond acceptors (Lipinski definition) is 4. The van der Waals surface area contributed by atoms with E-state index in [1.54, 1.807) is 17.0 Å². The summed E-state index contributed by atoms with van der Waals surface area (Å²) in [6.07, 6.45) is 0.475. The van der Waals surface area contributed by atoms with Gasteiger partial charge in [0.15, 0.2) is 5.78 Å². The van der Waals surface area contributed by atoms with Crippen LogP contribution < -0.4 is 10.6 Å². The van der Waals surface area contributed by atoms with Crippen LogP contribution in [0.15, 0.2) is 24.3 Å². The van der Waals surface area contributed by atoms with Crippen molar-refractivity contribution >= 4 is 23.5 Å². The van der Waals surface area contributed by atoms with Crippen molar-refractivity contribution in [2.24, 2.45) is 5.92 Å². The van der Waals surface area contributed by atoms with Gasteiger partial charge in [0.05, 0.1) is 5.92 Å². The fourth-order valence-electron chi connectivity index (χ4n) is 3.26. The smallest absolute Gasteiger partial charge is 0.225 e. The molecule has 0 aliphatic carbocycles. The first-order valence-corrected chi connectivity index (χ1v) is 10.0. The van der Waals surface area contributed by atoms with Gasteiger partial charge in [-0.15, -0.1) is 0 Å². The van der Waals surface area contributed by atoms with E-state index in [1.807, 2.05) is 39.8 Å². The van der Waals surface area contributed by atoms with Crippen molar-refractivity contribution in [2.75, 3.05) is 19.6 Å². The zero-order chi connectivity index (χ0) is 21.6. The Labute approximate surface area is 172 Å². The molecule has 1 saturated heterocycles. The van der Waals surface area contributed by atoms with E-state index in [9.17, 15) is 19.2 Å². The lowest BCUT2D eigenvalue weighted by Gasteiger charge is -2.31. The fourth-order valence-corrected chi connectivity index (χ4v) is 3.26. The lowest BCUT2D eigenvalue weighted by atomic mass is 10.1. The van der Waals surface area contributed by atoms with Gasteiger partial charge in [-0.05, 0) is 27.7 Å². The van der Waals surface area contributed by atoms with Gasteiger partial charge >= 0.3 is 0 Å². The van der Waals surface area contributed by atoms with Crippen LogP contribution in [0, 0.1) is 12.8 Å². The molecule has 0 saturated carbocycles. The summed E-state index contributed by atoms with van der Waals surface area (Å²) >= 11 is 0. The summed E-state index contributed by atoms with van der Waals surface area (Å²) in [7, 11) is 0. The molecule has 1 unspecified atom stereocenters. The minimum absolute atomic E-state index is 0.0100. The minimum Gasteiger partial charge on any atom is -0.354 e. The topological polar surface area (TPSA) is 95.6 Å². The molecule has 29 heavy (non-hydrogen) atoms. The molecule has 158 valence electrons. The molecule has 0 bridgehead atoms. The molecule has 1 aromatic carbocycles. The van der Waals surface area contributed by atoms with Gasteiger partial charge in [-0.2, -0.15) is 0 Å². The Hall–Kier alpha value is -2.70. The van der Waals surface area contributed by atoms with Crippen LogP contribution in [-0.4, -0.2) is 53.6 Å². The van der Waals surface area contributed by atoms with Gasteiger partial charge in [-0.3, -0.25) is 19.2 Å². The number of likely N-dealkylation sites (tertiary alicyclic amines) is 1. The van der Waals surface area contributed by atoms with Gasteiger partial charge in [0.1, 0.15) is 0 Å². The number of Topliss-reactive ketones (excluding diaryl/α,β-unsaturated/α-hetero) is 1. The SMILES string of the molecule is Cc1ccc(C(=O)CCC(=O)NCCNC(=O)C2CC(=O)N(C(C)(C)C)C2)cc1. The van der Waals surface area contributed by atoms with Crippen LogP contribution in [0.2, 0.25) is 0 Å². The molecular weight excluding hydrogens is 370 g/mol. The van der Waals surface area contributed by atoms with Gasteiger partial charge < -0.3 is 15.5 Å². The number of rotatable bonds is 8. The molecule has 1 heterocycles. The van der Waals surface area contributed by atoms with E-state index < -0.39 is 0 Å². The number of carbonyl (C=O) groups excluding carboxylic acids is 4. The fraction of sp³-hybridized carbons (Fsp3) is 0.545. The van der Waals surface area contributed by atoms with Crippen molar-refractivity contribution in [3.05, 3.63) is 35.4 Å². The number of aryl methyl sites for hydroxylation is 1. The first-order chi connectivity index (χ1) is 13.6. The number of benzene rings is 1. The van der Waals surface area contributed by atoms with Crippen LogP contribution in [0.5, 0.6) is 0 Å². The molecule has 7 nitrogen and oxygen atoms in total. The highest BCUT2D eigenvalue weighted by Crippen LogP contribution is 2.25. The zero-order valence-corrected chi connectivity index (χ0v) is 17.7. The molecule has 3 amide bonds. The van der Waals surface area contributed by atoms with E-state index in [-0.39, 0.29) is 67.3 Å². The summed E-state index contributed by atoms with van der Waals surface area (Å²) in [6.45, 7) is 8.79. The maximum atomic E-state index is 12.3. The van der Waals surface area contributed by atoms with E-state index in [0.717, 1.165) is 5.56 Å². The van der Waals surface area contributed by atoms with Gasteiger partial charge in [0.25, 0.3) is 0 Å². The summed E-state index contributed by atoms with van der Waals surface area (Å²) in [5.41, 5.74) is 1.39. The van der Waals surface area contributed by atoms with Crippen LogP contribution in [0.25, 0.3) is 0 Å². The number of nitrogens with one attached hydrogen (secondary N) is 2. The van der Waals surface area contributed by atoms with Crippen molar-refractivity contribution in [3.63, 3.8) is 0 Å². The molecule has 1 aliphatic heterocycles. The van der Waals surface area contributed by atoms with E-state index in [1.165, 1.54) is 0 Å². The number of hydrogen-bond donors (Lipinski definition) is 2. The third-order valence-electron chi connectivity index (χ3n) is 5.00. The van der Waals surface area contributed by atoms with Gasteiger partial charge in [-0.25, -0.2) is 0 Å². The van der Waals surface area contributed by atoms with E-state index in [2.05, 4.69) is 10.6 Å². The summed E-state index contributed by atoms with van der Waals surface area (Å²) in [4.78, 5) is 50.0. The Bertz CT molecular complexity index is 765. The predicted molar refractivity (Wildman–Crippen MR) is 110 cm³/mol. The van der Waals surface area contributed by atoms with E-state index in [4.69, 9.17) is 0 Å². The Morgan fingerprint density at radius 2 is 1.66 bits per heavy atom. The highest BCUT2D eigenvalue weighted by molar-refractivity contribution is 5.98. The van der Waals surface area contributed by atoms with Crippen LogP contribution in [-0.2, 0) is 14.4 Å². The highest BCUT2D eigenvalue weighted by atomic mass is 16.2. The molecular formula is C22H31N3O4. The first kappa shape index (κ1) is 22.6. The largest absolute Gasteiger partial charge is 0.354 e.